The topological polar surface area (TPSA) is 37.8 Å². The van der Waals surface area contributed by atoms with E-state index in [-0.39, 0.29) is 5.41 Å². The monoisotopic (exact) mass is 207 g/mol. The van der Waals surface area contributed by atoms with Gasteiger partial charge in [0.2, 0.25) is 0 Å². The first-order chi connectivity index (χ1) is 6.93. The molecule has 0 bridgehead atoms. The van der Waals surface area contributed by atoms with Crippen LogP contribution < -0.4 is 5.32 Å². The van der Waals surface area contributed by atoms with Crippen molar-refractivity contribution in [3.63, 3.8) is 0 Å². The Bertz CT molecular complexity index is 315. The third kappa shape index (κ3) is 3.59. The molecular formula is C12H21N3. The molecule has 0 saturated heterocycles. The lowest BCUT2D eigenvalue weighted by Crippen LogP contribution is -2.40. The summed E-state index contributed by atoms with van der Waals surface area (Å²) in [6, 6.07) is 2.43. The number of hydrogen-bond acceptors (Lipinski definition) is 3. The van der Waals surface area contributed by atoms with Gasteiger partial charge in [-0.05, 0) is 25.5 Å². The zero-order valence-electron chi connectivity index (χ0n) is 10.3. The fourth-order valence-electron chi connectivity index (χ4n) is 1.67. The smallest absolute Gasteiger partial charge is 0.125 e. The van der Waals surface area contributed by atoms with Gasteiger partial charge in [-0.1, -0.05) is 20.8 Å². The van der Waals surface area contributed by atoms with Gasteiger partial charge < -0.3 is 5.32 Å². The van der Waals surface area contributed by atoms with Crippen molar-refractivity contribution in [2.75, 3.05) is 7.05 Å². The summed E-state index contributed by atoms with van der Waals surface area (Å²) in [5.74, 6) is 0.844. The minimum atomic E-state index is 0.244. The SMILES string of the molecule is CNC(Cc1ccnc(C)n1)C(C)(C)C. The molecule has 1 aromatic rings. The van der Waals surface area contributed by atoms with Crippen LogP contribution in [-0.4, -0.2) is 23.1 Å². The van der Waals surface area contributed by atoms with E-state index in [1.54, 1.807) is 0 Å². The van der Waals surface area contributed by atoms with Gasteiger partial charge in [0.1, 0.15) is 5.82 Å². The zero-order chi connectivity index (χ0) is 11.5. The first kappa shape index (κ1) is 12.1. The van der Waals surface area contributed by atoms with Crippen LogP contribution in [0.2, 0.25) is 0 Å². The van der Waals surface area contributed by atoms with Crippen molar-refractivity contribution in [3.8, 4) is 0 Å². The molecule has 1 aromatic heterocycles. The lowest BCUT2D eigenvalue weighted by atomic mass is 9.84. The van der Waals surface area contributed by atoms with Crippen LogP contribution in [0.1, 0.15) is 32.3 Å². The molecule has 1 atom stereocenters. The second kappa shape index (κ2) is 4.71. The fourth-order valence-corrected chi connectivity index (χ4v) is 1.67. The lowest BCUT2D eigenvalue weighted by Gasteiger charge is -2.30. The third-order valence-electron chi connectivity index (χ3n) is 2.64. The number of aryl methyl sites for hydroxylation is 1. The van der Waals surface area contributed by atoms with Gasteiger partial charge in [-0.3, -0.25) is 0 Å². The van der Waals surface area contributed by atoms with Crippen molar-refractivity contribution in [2.24, 2.45) is 5.41 Å². The molecule has 0 amide bonds. The van der Waals surface area contributed by atoms with Crippen LogP contribution in [0.5, 0.6) is 0 Å². The molecule has 84 valence electrons. The first-order valence-corrected chi connectivity index (χ1v) is 5.39. The Balaban J connectivity index is 2.76. The summed E-state index contributed by atoms with van der Waals surface area (Å²) in [6.45, 7) is 8.64. The number of hydrogen-bond donors (Lipinski definition) is 1. The average molecular weight is 207 g/mol. The summed E-state index contributed by atoms with van der Waals surface area (Å²) in [6.07, 6.45) is 2.77. The van der Waals surface area contributed by atoms with Crippen LogP contribution in [0.3, 0.4) is 0 Å². The van der Waals surface area contributed by atoms with Crippen molar-refractivity contribution >= 4 is 0 Å². The van der Waals surface area contributed by atoms with Crippen molar-refractivity contribution < 1.29 is 0 Å². The first-order valence-electron chi connectivity index (χ1n) is 5.39. The van der Waals surface area contributed by atoms with E-state index in [2.05, 4.69) is 36.1 Å². The predicted molar refractivity (Wildman–Crippen MR) is 62.8 cm³/mol. The van der Waals surface area contributed by atoms with E-state index >= 15 is 0 Å². The maximum atomic E-state index is 4.42. The summed E-state index contributed by atoms with van der Waals surface area (Å²) < 4.78 is 0. The molecule has 0 aliphatic rings. The summed E-state index contributed by atoms with van der Waals surface area (Å²) in [7, 11) is 2.00. The molecule has 0 spiro atoms. The number of aromatic nitrogens is 2. The molecule has 15 heavy (non-hydrogen) atoms. The van der Waals surface area contributed by atoms with Crippen molar-refractivity contribution in [3.05, 3.63) is 23.8 Å². The highest BCUT2D eigenvalue weighted by atomic mass is 14.9. The van der Waals surface area contributed by atoms with E-state index in [1.165, 1.54) is 0 Å². The Morgan fingerprint density at radius 2 is 2.07 bits per heavy atom. The Labute approximate surface area is 92.3 Å². The minimum absolute atomic E-state index is 0.244. The number of nitrogens with one attached hydrogen (secondary N) is 1. The minimum Gasteiger partial charge on any atom is -0.316 e. The molecule has 1 rings (SSSR count). The Morgan fingerprint density at radius 1 is 1.40 bits per heavy atom. The Kier molecular flexibility index (Phi) is 3.80. The summed E-state index contributed by atoms with van der Waals surface area (Å²) >= 11 is 0. The van der Waals surface area contributed by atoms with Gasteiger partial charge in [-0.25, -0.2) is 9.97 Å². The Morgan fingerprint density at radius 3 is 2.53 bits per heavy atom. The van der Waals surface area contributed by atoms with Crippen LogP contribution >= 0.6 is 0 Å². The highest BCUT2D eigenvalue weighted by molar-refractivity contribution is 5.05. The number of rotatable bonds is 3. The largest absolute Gasteiger partial charge is 0.316 e. The van der Waals surface area contributed by atoms with E-state index in [0.717, 1.165) is 17.9 Å². The van der Waals surface area contributed by atoms with Crippen LogP contribution in [0.4, 0.5) is 0 Å². The highest BCUT2D eigenvalue weighted by Crippen LogP contribution is 2.21. The average Bonchev–Trinajstić information content (AvgIpc) is 2.12. The van der Waals surface area contributed by atoms with E-state index in [9.17, 15) is 0 Å². The van der Waals surface area contributed by atoms with Gasteiger partial charge in [-0.15, -0.1) is 0 Å². The van der Waals surface area contributed by atoms with Crippen molar-refractivity contribution in [1.29, 1.82) is 0 Å². The maximum Gasteiger partial charge on any atom is 0.125 e. The van der Waals surface area contributed by atoms with Crippen LogP contribution in [0, 0.1) is 12.3 Å². The van der Waals surface area contributed by atoms with Gasteiger partial charge in [0.15, 0.2) is 0 Å². The molecule has 3 heteroatoms. The quantitative estimate of drug-likeness (QED) is 0.823. The molecule has 0 radical (unpaired) electrons. The van der Waals surface area contributed by atoms with E-state index in [0.29, 0.717) is 6.04 Å². The molecule has 1 heterocycles. The van der Waals surface area contributed by atoms with Gasteiger partial charge in [-0.2, -0.15) is 0 Å². The standard InChI is InChI=1S/C12H21N3/c1-9-14-7-6-10(15-9)8-11(13-5)12(2,3)4/h6-7,11,13H,8H2,1-5H3. The van der Waals surface area contributed by atoms with E-state index < -0.39 is 0 Å². The van der Waals surface area contributed by atoms with Crippen molar-refractivity contribution in [2.45, 2.75) is 40.2 Å². The second-order valence-corrected chi connectivity index (χ2v) is 5.01. The van der Waals surface area contributed by atoms with Gasteiger partial charge >= 0.3 is 0 Å². The molecule has 1 unspecified atom stereocenters. The summed E-state index contributed by atoms with van der Waals surface area (Å²) in [5.41, 5.74) is 1.35. The third-order valence-corrected chi connectivity index (χ3v) is 2.64. The molecular weight excluding hydrogens is 186 g/mol. The van der Waals surface area contributed by atoms with Gasteiger partial charge in [0.25, 0.3) is 0 Å². The van der Waals surface area contributed by atoms with Crippen LogP contribution in [0.25, 0.3) is 0 Å². The summed E-state index contributed by atoms with van der Waals surface area (Å²) in [4.78, 5) is 8.53. The normalized spacial score (nSPS) is 13.9. The molecule has 0 aromatic carbocycles. The lowest BCUT2D eigenvalue weighted by molar-refractivity contribution is 0.278. The highest BCUT2D eigenvalue weighted by Gasteiger charge is 2.23. The van der Waals surface area contributed by atoms with Crippen LogP contribution in [-0.2, 0) is 6.42 Å². The second-order valence-electron chi connectivity index (χ2n) is 5.01. The summed E-state index contributed by atoms with van der Waals surface area (Å²) in [5, 5.41) is 3.35. The van der Waals surface area contributed by atoms with Crippen molar-refractivity contribution in [1.82, 2.24) is 15.3 Å². The predicted octanol–water partition coefficient (Wildman–Crippen LogP) is 1.96. The fraction of sp³-hybridized carbons (Fsp3) is 0.667. The van der Waals surface area contributed by atoms with Gasteiger partial charge in [0, 0.05) is 24.4 Å². The van der Waals surface area contributed by atoms with E-state index in [1.807, 2.05) is 26.2 Å². The Hall–Kier alpha value is -0.960. The molecule has 0 fully saturated rings. The number of likely N-dealkylation sites (N-methyl/N-ethyl adjacent to an activating group) is 1. The molecule has 0 aliphatic carbocycles. The molecule has 3 nitrogen and oxygen atoms in total. The zero-order valence-corrected chi connectivity index (χ0v) is 10.3. The van der Waals surface area contributed by atoms with Crippen LogP contribution in [0.15, 0.2) is 12.3 Å². The maximum absolute atomic E-state index is 4.42. The van der Waals surface area contributed by atoms with E-state index in [4.69, 9.17) is 0 Å². The molecule has 0 saturated carbocycles. The molecule has 1 N–H and O–H groups in total. The molecule has 0 aliphatic heterocycles. The number of nitrogens with zero attached hydrogens (tertiary/aromatic N) is 2. The van der Waals surface area contributed by atoms with Gasteiger partial charge in [0.05, 0.1) is 0 Å².